The molecular formula is C22H25ClN2O3. The van der Waals surface area contributed by atoms with Gasteiger partial charge in [0, 0.05) is 41.3 Å². The van der Waals surface area contributed by atoms with Gasteiger partial charge in [0.15, 0.2) is 5.78 Å². The van der Waals surface area contributed by atoms with Gasteiger partial charge in [-0.25, -0.2) is 0 Å². The van der Waals surface area contributed by atoms with Crippen LogP contribution in [0.3, 0.4) is 0 Å². The Bertz CT molecular complexity index is 843. The summed E-state index contributed by atoms with van der Waals surface area (Å²) in [6, 6.07) is 13.6. The lowest BCUT2D eigenvalue weighted by Crippen LogP contribution is -2.55. The van der Waals surface area contributed by atoms with E-state index < -0.39 is 0 Å². The van der Waals surface area contributed by atoms with Crippen molar-refractivity contribution < 1.29 is 14.3 Å². The SMILES string of the molecule is CC(C)(CNC(=O)c1ccccc1C(=O)c1ccc(Cl)cc1)N1CCOCC1. The third-order valence-corrected chi connectivity index (χ3v) is 5.32. The zero-order chi connectivity index (χ0) is 20.1. The summed E-state index contributed by atoms with van der Waals surface area (Å²) in [5, 5.41) is 3.56. The molecule has 1 aliphatic heterocycles. The van der Waals surface area contributed by atoms with Gasteiger partial charge in [0.2, 0.25) is 0 Å². The molecule has 1 heterocycles. The Balaban J connectivity index is 1.73. The summed E-state index contributed by atoms with van der Waals surface area (Å²) < 4.78 is 5.41. The fourth-order valence-electron chi connectivity index (χ4n) is 3.31. The van der Waals surface area contributed by atoms with Gasteiger partial charge in [-0.05, 0) is 44.2 Å². The lowest BCUT2D eigenvalue weighted by molar-refractivity contribution is -0.00923. The van der Waals surface area contributed by atoms with Crippen molar-refractivity contribution in [1.82, 2.24) is 10.2 Å². The minimum atomic E-state index is -0.251. The van der Waals surface area contributed by atoms with E-state index in [1.165, 1.54) is 0 Å². The minimum Gasteiger partial charge on any atom is -0.379 e. The molecule has 0 aromatic heterocycles. The van der Waals surface area contributed by atoms with E-state index in [9.17, 15) is 9.59 Å². The molecule has 5 nitrogen and oxygen atoms in total. The number of hydrogen-bond acceptors (Lipinski definition) is 4. The highest BCUT2D eigenvalue weighted by molar-refractivity contribution is 6.30. The van der Waals surface area contributed by atoms with Crippen molar-refractivity contribution in [2.24, 2.45) is 0 Å². The van der Waals surface area contributed by atoms with Crippen LogP contribution in [0.5, 0.6) is 0 Å². The highest BCUT2D eigenvalue weighted by Crippen LogP contribution is 2.19. The predicted molar refractivity (Wildman–Crippen MR) is 110 cm³/mol. The lowest BCUT2D eigenvalue weighted by Gasteiger charge is -2.40. The zero-order valence-electron chi connectivity index (χ0n) is 16.2. The molecular weight excluding hydrogens is 376 g/mol. The molecule has 1 saturated heterocycles. The summed E-state index contributed by atoms with van der Waals surface area (Å²) >= 11 is 5.90. The molecule has 1 N–H and O–H groups in total. The third kappa shape index (κ3) is 4.79. The van der Waals surface area contributed by atoms with Gasteiger partial charge in [0.1, 0.15) is 0 Å². The summed E-state index contributed by atoms with van der Waals surface area (Å²) in [4.78, 5) is 28.1. The Morgan fingerprint density at radius 1 is 1.04 bits per heavy atom. The molecule has 0 atom stereocenters. The minimum absolute atomic E-state index is 0.199. The molecule has 2 aromatic carbocycles. The Morgan fingerprint density at radius 3 is 2.29 bits per heavy atom. The first kappa shape index (κ1) is 20.5. The standard InChI is InChI=1S/C22H25ClN2O3/c1-22(2,25-11-13-28-14-12-25)15-24-21(27)19-6-4-3-5-18(19)20(26)16-7-9-17(23)10-8-16/h3-10H,11-15H2,1-2H3,(H,24,27). The second-order valence-electron chi connectivity index (χ2n) is 7.48. The Hall–Kier alpha value is -2.21. The smallest absolute Gasteiger partial charge is 0.252 e. The average Bonchev–Trinajstić information content (AvgIpc) is 2.73. The maximum Gasteiger partial charge on any atom is 0.252 e. The largest absolute Gasteiger partial charge is 0.379 e. The quantitative estimate of drug-likeness (QED) is 0.755. The van der Waals surface area contributed by atoms with E-state index >= 15 is 0 Å². The van der Waals surface area contributed by atoms with Crippen molar-refractivity contribution in [2.75, 3.05) is 32.8 Å². The van der Waals surface area contributed by atoms with Crippen LogP contribution < -0.4 is 5.32 Å². The van der Waals surface area contributed by atoms with Crippen molar-refractivity contribution in [3.63, 3.8) is 0 Å². The summed E-state index contributed by atoms with van der Waals surface area (Å²) in [6.07, 6.45) is 0. The molecule has 1 aliphatic rings. The van der Waals surface area contributed by atoms with Crippen LogP contribution in [0.1, 0.15) is 40.1 Å². The van der Waals surface area contributed by atoms with Crippen LogP contribution in [-0.2, 0) is 4.74 Å². The van der Waals surface area contributed by atoms with Crippen molar-refractivity contribution >= 4 is 23.3 Å². The summed E-state index contributed by atoms with van der Waals surface area (Å²) in [5.41, 5.74) is 1.05. The number of nitrogens with one attached hydrogen (secondary N) is 1. The normalized spacial score (nSPS) is 15.2. The van der Waals surface area contributed by atoms with Crippen molar-refractivity contribution in [2.45, 2.75) is 19.4 Å². The topological polar surface area (TPSA) is 58.6 Å². The van der Waals surface area contributed by atoms with Crippen LogP contribution in [0.15, 0.2) is 48.5 Å². The molecule has 0 aliphatic carbocycles. The maximum absolute atomic E-state index is 12.9. The molecule has 0 spiro atoms. The third-order valence-electron chi connectivity index (χ3n) is 5.07. The number of hydrogen-bond donors (Lipinski definition) is 1. The molecule has 1 fully saturated rings. The number of halogens is 1. The molecule has 1 amide bonds. The molecule has 3 rings (SSSR count). The highest BCUT2D eigenvalue weighted by atomic mass is 35.5. The van der Waals surface area contributed by atoms with E-state index in [0.717, 1.165) is 13.1 Å². The molecule has 28 heavy (non-hydrogen) atoms. The number of rotatable bonds is 6. The number of nitrogens with zero attached hydrogens (tertiary/aromatic N) is 1. The molecule has 0 radical (unpaired) electrons. The van der Waals surface area contributed by atoms with E-state index in [-0.39, 0.29) is 17.2 Å². The first-order valence-corrected chi connectivity index (χ1v) is 9.76. The van der Waals surface area contributed by atoms with Gasteiger partial charge in [-0.15, -0.1) is 0 Å². The number of ether oxygens (including phenoxy) is 1. The molecule has 6 heteroatoms. The lowest BCUT2D eigenvalue weighted by atomic mass is 9.97. The predicted octanol–water partition coefficient (Wildman–Crippen LogP) is 3.41. The van der Waals surface area contributed by atoms with Gasteiger partial charge in [0.05, 0.1) is 18.8 Å². The molecule has 0 bridgehead atoms. The average molecular weight is 401 g/mol. The molecule has 0 unspecified atom stereocenters. The number of benzene rings is 2. The van der Waals surface area contributed by atoms with Crippen LogP contribution in [-0.4, -0.2) is 55.0 Å². The Morgan fingerprint density at radius 2 is 1.64 bits per heavy atom. The second-order valence-corrected chi connectivity index (χ2v) is 7.91. The maximum atomic E-state index is 12.9. The van der Waals surface area contributed by atoms with E-state index in [2.05, 4.69) is 24.1 Å². The first-order chi connectivity index (χ1) is 13.4. The van der Waals surface area contributed by atoms with Crippen molar-refractivity contribution in [1.29, 1.82) is 0 Å². The second kappa shape index (κ2) is 8.86. The molecule has 0 saturated carbocycles. The highest BCUT2D eigenvalue weighted by Gasteiger charge is 2.29. The first-order valence-electron chi connectivity index (χ1n) is 9.39. The van der Waals surface area contributed by atoms with Crippen LogP contribution in [0, 0.1) is 0 Å². The van der Waals surface area contributed by atoms with E-state index in [0.29, 0.717) is 41.5 Å². The van der Waals surface area contributed by atoms with Gasteiger partial charge in [-0.2, -0.15) is 0 Å². The Kier molecular flexibility index (Phi) is 6.50. The van der Waals surface area contributed by atoms with Crippen LogP contribution in [0.2, 0.25) is 5.02 Å². The molecule has 148 valence electrons. The molecule has 2 aromatic rings. The monoisotopic (exact) mass is 400 g/mol. The number of morpholine rings is 1. The van der Waals surface area contributed by atoms with Gasteiger partial charge in [-0.3, -0.25) is 14.5 Å². The number of amides is 1. The van der Waals surface area contributed by atoms with Crippen LogP contribution in [0.25, 0.3) is 0 Å². The van der Waals surface area contributed by atoms with E-state index in [4.69, 9.17) is 16.3 Å². The van der Waals surface area contributed by atoms with E-state index in [1.54, 1.807) is 48.5 Å². The van der Waals surface area contributed by atoms with E-state index in [1.807, 2.05) is 0 Å². The fraction of sp³-hybridized carbons (Fsp3) is 0.364. The fourth-order valence-corrected chi connectivity index (χ4v) is 3.43. The van der Waals surface area contributed by atoms with Gasteiger partial charge in [-0.1, -0.05) is 29.8 Å². The van der Waals surface area contributed by atoms with Gasteiger partial charge in [0.25, 0.3) is 5.91 Å². The zero-order valence-corrected chi connectivity index (χ0v) is 17.0. The number of ketones is 1. The summed E-state index contributed by atoms with van der Waals surface area (Å²) in [5.74, 6) is -0.450. The van der Waals surface area contributed by atoms with Crippen molar-refractivity contribution in [3.8, 4) is 0 Å². The summed E-state index contributed by atoms with van der Waals surface area (Å²) in [6.45, 7) is 7.77. The van der Waals surface area contributed by atoms with Gasteiger partial charge >= 0.3 is 0 Å². The van der Waals surface area contributed by atoms with Crippen LogP contribution >= 0.6 is 11.6 Å². The Labute approximate surface area is 170 Å². The van der Waals surface area contributed by atoms with Crippen molar-refractivity contribution in [3.05, 3.63) is 70.2 Å². The number of carbonyl (C=O) groups excluding carboxylic acids is 2. The summed E-state index contributed by atoms with van der Waals surface area (Å²) in [7, 11) is 0. The van der Waals surface area contributed by atoms with Gasteiger partial charge < -0.3 is 10.1 Å². The number of carbonyl (C=O) groups is 2. The van der Waals surface area contributed by atoms with Crippen LogP contribution in [0.4, 0.5) is 0 Å².